The molecule has 18 heteroatoms. The number of hydrogen-bond acceptors (Lipinski definition) is 16. The molecule has 73 heavy (non-hydrogen) atoms. The van der Waals surface area contributed by atoms with E-state index < -0.39 is 39.7 Å². The van der Waals surface area contributed by atoms with Gasteiger partial charge in [-0.25, -0.2) is 9.59 Å². The summed E-state index contributed by atoms with van der Waals surface area (Å²) in [6.07, 6.45) is 5.32. The first-order chi connectivity index (χ1) is 34.5. The summed E-state index contributed by atoms with van der Waals surface area (Å²) in [7, 11) is 3.48. The zero-order chi connectivity index (χ0) is 53.8. The molecular weight excluding hydrogens is 973 g/mol. The van der Waals surface area contributed by atoms with Crippen LogP contribution in [0, 0.1) is 0 Å². The molecule has 2 aliphatic heterocycles. The second kappa shape index (κ2) is 29.1. The summed E-state index contributed by atoms with van der Waals surface area (Å²) >= 11 is 0. The Hall–Kier alpha value is -4.35. The predicted molar refractivity (Wildman–Crippen MR) is 285 cm³/mol. The summed E-state index contributed by atoms with van der Waals surface area (Å²) < 4.78 is 73.8. The number of aliphatic hydroxyl groups is 1. The maximum Gasteiger partial charge on any atom is 0.342 e. The number of esters is 2. The van der Waals surface area contributed by atoms with E-state index in [1.807, 2.05) is 76.2 Å². The van der Waals surface area contributed by atoms with Crippen LogP contribution in [0.15, 0.2) is 60.7 Å². The van der Waals surface area contributed by atoms with E-state index in [9.17, 15) is 14.7 Å². The van der Waals surface area contributed by atoms with Gasteiger partial charge < -0.3 is 66.7 Å². The molecule has 0 amide bonds. The monoisotopic (exact) mass is 1060 g/mol. The van der Waals surface area contributed by atoms with Crippen LogP contribution in [0.1, 0.15) is 84.4 Å². The lowest BCUT2D eigenvalue weighted by molar-refractivity contribution is -0.151. The van der Waals surface area contributed by atoms with Crippen molar-refractivity contribution < 1.29 is 76.3 Å². The molecule has 2 heterocycles. The number of aryl methyl sites for hydroxylation is 1. The molecule has 2 saturated heterocycles. The number of methoxy groups -OCH3 is 4. The minimum atomic E-state index is -1.37. The lowest BCUT2D eigenvalue weighted by Crippen LogP contribution is -2.27. The molecule has 3 aromatic carbocycles. The second-order valence-electron chi connectivity index (χ2n) is 21.4. The number of benzene rings is 3. The van der Waals surface area contributed by atoms with Gasteiger partial charge in [0.1, 0.15) is 46.3 Å². The van der Waals surface area contributed by atoms with Crippen molar-refractivity contribution in [1.82, 2.24) is 0 Å². The maximum absolute atomic E-state index is 13.3. The van der Waals surface area contributed by atoms with Gasteiger partial charge in [0.05, 0.1) is 59.5 Å². The third-order valence-electron chi connectivity index (χ3n) is 11.7. The third kappa shape index (κ3) is 21.1. The number of ether oxygens (including phenoxy) is 13. The number of hydrogen-bond donors (Lipinski definition) is 1. The first-order valence-corrected chi connectivity index (χ1v) is 32.5. The molecule has 0 saturated carbocycles. The molecule has 2 fully saturated rings. The highest BCUT2D eigenvalue weighted by Crippen LogP contribution is 2.36. The van der Waals surface area contributed by atoms with Crippen LogP contribution in [0.5, 0.6) is 23.0 Å². The Bertz CT molecular complexity index is 2190. The van der Waals surface area contributed by atoms with Crippen LogP contribution in [0.3, 0.4) is 0 Å². The summed E-state index contributed by atoms with van der Waals surface area (Å²) in [6.45, 7) is 22.4. The van der Waals surface area contributed by atoms with Crippen molar-refractivity contribution in [2.45, 2.75) is 147 Å². The molecule has 0 spiro atoms. The zero-order valence-corrected chi connectivity index (χ0v) is 47.9. The minimum Gasteiger partial charge on any atom is -0.497 e. The van der Waals surface area contributed by atoms with Crippen LogP contribution in [-0.4, -0.2) is 138 Å². The quantitative estimate of drug-likeness (QED) is 0.0413. The standard InChI is InChI=1S/C31H44O8Si.C24H40O8Si/c1-31(2)38-26(28(39-31)21-35-20-23-12-9-8-10-13-23)15-11-14-24-18-25(34-4)19-27(37-22-33-3)29(24)30(32)36-16-17-40(5,6)7;1-24(2)31-19(21(15-25)32-24)10-8-9-17-13-18(28-4)14-20(30-16-27-3)22(17)23(26)29-11-12-33(5,6)7/h8-14,18-19,26,28H,15-17,20-22H2,1-7H3;13-14,19,21,25H,8-12,15-16H2,1-7H3/b14-11+;/t26-,28+;19-,21+/m00/s1. The lowest BCUT2D eigenvalue weighted by Gasteiger charge is -2.19. The molecule has 1 N–H and O–H groups in total. The highest BCUT2D eigenvalue weighted by molar-refractivity contribution is 6.76. The van der Waals surface area contributed by atoms with Crippen LogP contribution in [0.25, 0.3) is 6.08 Å². The third-order valence-corrected chi connectivity index (χ3v) is 15.1. The Labute approximate surface area is 436 Å². The molecule has 0 aliphatic carbocycles. The smallest absolute Gasteiger partial charge is 0.342 e. The minimum absolute atomic E-state index is 0.00229. The maximum atomic E-state index is 13.3. The van der Waals surface area contributed by atoms with E-state index in [1.165, 1.54) is 14.2 Å². The van der Waals surface area contributed by atoms with Gasteiger partial charge in [-0.1, -0.05) is 81.8 Å². The average Bonchev–Trinajstić information content (AvgIpc) is 3.80. The van der Waals surface area contributed by atoms with Gasteiger partial charge in [0, 0.05) is 42.5 Å². The number of carbonyl (C=O) groups excluding carboxylic acids is 2. The summed E-state index contributed by atoms with van der Waals surface area (Å²) in [5.74, 6) is -0.441. The highest BCUT2D eigenvalue weighted by atomic mass is 28.3. The van der Waals surface area contributed by atoms with E-state index in [1.54, 1.807) is 32.4 Å². The van der Waals surface area contributed by atoms with Gasteiger partial charge in [-0.3, -0.25) is 0 Å². The fourth-order valence-electron chi connectivity index (χ4n) is 8.04. The molecular formula is C55H84O16Si2. The Morgan fingerprint density at radius 1 is 0.671 bits per heavy atom. The lowest BCUT2D eigenvalue weighted by atomic mass is 9.98. The Morgan fingerprint density at radius 2 is 1.19 bits per heavy atom. The molecule has 4 atom stereocenters. The van der Waals surface area contributed by atoms with Gasteiger partial charge in [0.15, 0.2) is 25.2 Å². The van der Waals surface area contributed by atoms with E-state index in [4.69, 9.17) is 61.6 Å². The molecule has 16 nitrogen and oxygen atoms in total. The highest BCUT2D eigenvalue weighted by Gasteiger charge is 2.42. The van der Waals surface area contributed by atoms with Gasteiger partial charge in [-0.2, -0.15) is 0 Å². The molecule has 0 radical (unpaired) electrons. The van der Waals surface area contributed by atoms with Gasteiger partial charge in [-0.15, -0.1) is 0 Å². The topological polar surface area (TPSA) is 174 Å². The van der Waals surface area contributed by atoms with Crippen molar-refractivity contribution >= 4 is 34.2 Å². The Morgan fingerprint density at radius 3 is 1.74 bits per heavy atom. The molecule has 2 aliphatic rings. The van der Waals surface area contributed by atoms with Crippen molar-refractivity contribution in [3.8, 4) is 23.0 Å². The van der Waals surface area contributed by atoms with Crippen LogP contribution >= 0.6 is 0 Å². The van der Waals surface area contributed by atoms with Crippen LogP contribution in [0.2, 0.25) is 51.4 Å². The SMILES string of the molecule is COCOc1cc(OC)cc(/C=C/C[C@@H]2OC(C)(C)O[C@@H]2COCc2ccccc2)c1C(=O)OCC[Si](C)(C)C.COCOc1cc(OC)cc(CCC[C@@H]2OC(C)(C)O[C@@H]2CO)c1C(=O)OCC[Si](C)(C)C. The van der Waals surface area contributed by atoms with E-state index in [2.05, 4.69) is 39.3 Å². The normalized spacial score (nSPS) is 19.3. The fraction of sp³-hybridized carbons (Fsp3) is 0.600. The molecule has 0 bridgehead atoms. The summed E-state index contributed by atoms with van der Waals surface area (Å²) in [4.78, 5) is 26.4. The van der Waals surface area contributed by atoms with Gasteiger partial charge in [0.2, 0.25) is 0 Å². The summed E-state index contributed by atoms with van der Waals surface area (Å²) in [5, 5.41) is 9.62. The van der Waals surface area contributed by atoms with E-state index >= 15 is 0 Å². The fourth-order valence-corrected chi connectivity index (χ4v) is 9.46. The largest absolute Gasteiger partial charge is 0.497 e. The number of aliphatic hydroxyl groups excluding tert-OH is 1. The average molecular weight is 1060 g/mol. The molecule has 0 unspecified atom stereocenters. The zero-order valence-electron chi connectivity index (χ0n) is 45.9. The molecule has 0 aromatic heterocycles. The van der Waals surface area contributed by atoms with Gasteiger partial charge in [0.25, 0.3) is 0 Å². The molecule has 3 aromatic rings. The number of rotatable bonds is 28. The van der Waals surface area contributed by atoms with Crippen molar-refractivity contribution in [3.05, 3.63) is 88.5 Å². The number of carbonyl (C=O) groups is 2. The summed E-state index contributed by atoms with van der Waals surface area (Å²) in [5.41, 5.74) is 3.23. The van der Waals surface area contributed by atoms with Crippen molar-refractivity contribution in [2.24, 2.45) is 0 Å². The van der Waals surface area contributed by atoms with E-state index in [-0.39, 0.29) is 44.6 Å². The van der Waals surface area contributed by atoms with E-state index in [0.29, 0.717) is 91.8 Å². The van der Waals surface area contributed by atoms with Gasteiger partial charge in [-0.05, 0) is 94.3 Å². The van der Waals surface area contributed by atoms with Crippen molar-refractivity contribution in [2.75, 3.05) is 68.5 Å². The van der Waals surface area contributed by atoms with Crippen molar-refractivity contribution in [3.63, 3.8) is 0 Å². The van der Waals surface area contributed by atoms with E-state index in [0.717, 1.165) is 23.2 Å². The molecule has 5 rings (SSSR count). The first-order valence-electron chi connectivity index (χ1n) is 25.1. The summed E-state index contributed by atoms with van der Waals surface area (Å²) in [6, 6.07) is 18.8. The Kier molecular flexibility index (Phi) is 24.4. The van der Waals surface area contributed by atoms with Crippen molar-refractivity contribution in [1.29, 1.82) is 0 Å². The van der Waals surface area contributed by atoms with Crippen LogP contribution in [-0.2, 0) is 55.7 Å². The Balaban J connectivity index is 0.000000323. The second-order valence-corrected chi connectivity index (χ2v) is 32.6. The van der Waals surface area contributed by atoms with Crippen LogP contribution in [0.4, 0.5) is 0 Å². The predicted octanol–water partition coefficient (Wildman–Crippen LogP) is 10.3. The van der Waals surface area contributed by atoms with Gasteiger partial charge >= 0.3 is 11.9 Å². The van der Waals surface area contributed by atoms with Crippen LogP contribution < -0.4 is 18.9 Å². The molecule has 408 valence electrons. The first kappa shape index (κ1) is 61.2.